The number of carboxylic acids is 1. The SMILES string of the molecule is CCCCC/C=C\C/C=C\CCCCCCCCCCCC(=O)OCC(O)COP(=O)(O)OCC(NC(=O)CCCCCCCCCCCCCCCCCCCCCCCCCC)C(=O)O. The van der Waals surface area contributed by atoms with Gasteiger partial charge in [0.25, 0.3) is 0 Å². The van der Waals surface area contributed by atoms with Gasteiger partial charge in [0, 0.05) is 12.8 Å². The number of carboxylic acid groups (broad SMARTS) is 1. The van der Waals surface area contributed by atoms with Gasteiger partial charge in [-0.2, -0.15) is 0 Å². The molecule has 0 bridgehead atoms. The van der Waals surface area contributed by atoms with Crippen LogP contribution in [0.3, 0.4) is 0 Å². The van der Waals surface area contributed by atoms with Crippen LogP contribution < -0.4 is 5.32 Å². The predicted octanol–water partition coefficient (Wildman–Crippen LogP) is 15.7. The van der Waals surface area contributed by atoms with Crippen LogP contribution in [-0.2, 0) is 32.7 Å². The molecule has 1 amide bonds. The van der Waals surface area contributed by atoms with Crippen molar-refractivity contribution in [3.8, 4) is 0 Å². The standard InChI is InChI=1S/C55H104NO10P/c1-3-5-7-9-11-13-15-17-19-21-23-24-25-26-27-29-30-32-34-36-38-40-42-44-46-53(58)56-52(55(60)61)50-66-67(62,63)65-49-51(57)48-64-54(59)47-45-43-41-39-37-35-33-31-28-22-20-18-16-14-12-10-8-6-4-2/h12,14,18,20,51-52,57H,3-11,13,15-17,19,21-50H2,1-2H3,(H,56,58)(H,60,61)(H,62,63)/b14-12-,20-18-. The molecule has 67 heavy (non-hydrogen) atoms. The van der Waals surface area contributed by atoms with Crippen molar-refractivity contribution < 1.29 is 47.8 Å². The van der Waals surface area contributed by atoms with Crippen molar-refractivity contribution in [2.45, 2.75) is 289 Å². The topological polar surface area (TPSA) is 169 Å². The van der Waals surface area contributed by atoms with E-state index in [0.29, 0.717) is 12.8 Å². The first-order valence-electron chi connectivity index (χ1n) is 27.9. The first-order valence-corrected chi connectivity index (χ1v) is 29.4. The van der Waals surface area contributed by atoms with E-state index in [1.165, 1.54) is 186 Å². The van der Waals surface area contributed by atoms with Crippen molar-refractivity contribution in [1.29, 1.82) is 0 Å². The van der Waals surface area contributed by atoms with Crippen molar-refractivity contribution in [1.82, 2.24) is 5.32 Å². The number of allylic oxidation sites excluding steroid dienone is 4. The van der Waals surface area contributed by atoms with Crippen molar-refractivity contribution in [3.63, 3.8) is 0 Å². The fourth-order valence-electron chi connectivity index (χ4n) is 8.17. The molecule has 3 unspecified atom stereocenters. The second kappa shape index (κ2) is 50.4. The summed E-state index contributed by atoms with van der Waals surface area (Å²) in [6.45, 7) is 2.62. The zero-order chi connectivity index (χ0) is 49.2. The van der Waals surface area contributed by atoms with Crippen molar-refractivity contribution >= 4 is 25.7 Å². The molecule has 4 N–H and O–H groups in total. The fraction of sp³-hybridized carbons (Fsp3) is 0.873. The summed E-state index contributed by atoms with van der Waals surface area (Å²) in [4.78, 5) is 46.2. The van der Waals surface area contributed by atoms with E-state index in [-0.39, 0.29) is 12.8 Å². The number of aliphatic carboxylic acids is 1. The third-order valence-electron chi connectivity index (χ3n) is 12.5. The van der Waals surface area contributed by atoms with Crippen LogP contribution in [0.5, 0.6) is 0 Å². The van der Waals surface area contributed by atoms with E-state index in [2.05, 4.69) is 43.5 Å². The summed E-state index contributed by atoms with van der Waals surface area (Å²) in [5.74, 6) is -2.36. The number of phosphoric ester groups is 1. The van der Waals surface area contributed by atoms with Crippen LogP contribution in [0, 0.1) is 0 Å². The monoisotopic (exact) mass is 970 g/mol. The molecule has 11 nitrogen and oxygen atoms in total. The quantitative estimate of drug-likeness (QED) is 0.0199. The Hall–Kier alpha value is -2.04. The molecule has 0 fully saturated rings. The second-order valence-corrected chi connectivity index (χ2v) is 20.6. The summed E-state index contributed by atoms with van der Waals surface area (Å²) >= 11 is 0. The van der Waals surface area contributed by atoms with Gasteiger partial charge in [0.2, 0.25) is 5.91 Å². The van der Waals surface area contributed by atoms with E-state index in [1.54, 1.807) is 0 Å². The third kappa shape index (κ3) is 50.2. The summed E-state index contributed by atoms with van der Waals surface area (Å²) < 4.78 is 27.0. The van der Waals surface area contributed by atoms with Crippen LogP contribution in [0.15, 0.2) is 24.3 Å². The van der Waals surface area contributed by atoms with Gasteiger partial charge in [0.15, 0.2) is 6.04 Å². The minimum absolute atomic E-state index is 0.151. The number of aliphatic hydroxyl groups is 1. The normalized spacial score (nSPS) is 13.6. The maximum atomic E-state index is 12.4. The highest BCUT2D eigenvalue weighted by molar-refractivity contribution is 7.47. The third-order valence-corrected chi connectivity index (χ3v) is 13.4. The number of carbonyl (C=O) groups excluding carboxylic acids is 2. The Bertz CT molecular complexity index is 1230. The average molecular weight is 970 g/mol. The number of phosphoric acid groups is 1. The van der Waals surface area contributed by atoms with Gasteiger partial charge in [-0.25, -0.2) is 9.36 Å². The maximum absolute atomic E-state index is 12.4. The second-order valence-electron chi connectivity index (χ2n) is 19.1. The highest BCUT2D eigenvalue weighted by Gasteiger charge is 2.28. The number of nitrogens with one attached hydrogen (secondary N) is 1. The van der Waals surface area contributed by atoms with Crippen LogP contribution in [0.1, 0.15) is 277 Å². The van der Waals surface area contributed by atoms with Gasteiger partial charge in [0.1, 0.15) is 12.7 Å². The molecule has 0 saturated carbocycles. The van der Waals surface area contributed by atoms with Gasteiger partial charge < -0.3 is 25.2 Å². The van der Waals surface area contributed by atoms with E-state index in [0.717, 1.165) is 51.4 Å². The summed E-state index contributed by atoms with van der Waals surface area (Å²) in [6, 6.07) is -1.54. The van der Waals surface area contributed by atoms with Crippen LogP contribution in [0.2, 0.25) is 0 Å². The number of aliphatic hydroxyl groups excluding tert-OH is 1. The van der Waals surface area contributed by atoms with E-state index < -0.39 is 57.6 Å². The minimum Gasteiger partial charge on any atom is -0.480 e. The lowest BCUT2D eigenvalue weighted by Crippen LogP contribution is -2.43. The van der Waals surface area contributed by atoms with Crippen molar-refractivity contribution in [3.05, 3.63) is 24.3 Å². The van der Waals surface area contributed by atoms with E-state index >= 15 is 0 Å². The summed E-state index contributed by atoms with van der Waals surface area (Å²) in [5.41, 5.74) is 0. The lowest BCUT2D eigenvalue weighted by Gasteiger charge is -2.18. The van der Waals surface area contributed by atoms with Crippen LogP contribution in [-0.4, -0.2) is 64.9 Å². The summed E-state index contributed by atoms with van der Waals surface area (Å²) in [7, 11) is -4.76. The molecule has 0 aromatic carbocycles. The number of rotatable bonds is 53. The van der Waals surface area contributed by atoms with Gasteiger partial charge in [-0.3, -0.25) is 18.6 Å². The maximum Gasteiger partial charge on any atom is 0.472 e. The Morgan fingerprint density at radius 3 is 1.24 bits per heavy atom. The van der Waals surface area contributed by atoms with Gasteiger partial charge in [-0.15, -0.1) is 0 Å². The van der Waals surface area contributed by atoms with Crippen molar-refractivity contribution in [2.24, 2.45) is 0 Å². The molecule has 0 saturated heterocycles. The molecule has 0 rings (SSSR count). The first kappa shape index (κ1) is 65.0. The molecule has 0 aromatic heterocycles. The molecule has 394 valence electrons. The zero-order valence-corrected chi connectivity index (χ0v) is 44.1. The zero-order valence-electron chi connectivity index (χ0n) is 43.2. The summed E-state index contributed by atoms with van der Waals surface area (Å²) in [6.07, 6.45) is 56.3. The van der Waals surface area contributed by atoms with Crippen LogP contribution in [0.4, 0.5) is 0 Å². The highest BCUT2D eigenvalue weighted by Crippen LogP contribution is 2.43. The van der Waals surface area contributed by atoms with Gasteiger partial charge in [-0.05, 0) is 44.9 Å². The largest absolute Gasteiger partial charge is 0.480 e. The Morgan fingerprint density at radius 2 is 0.821 bits per heavy atom. The molecular formula is C55H104NO10P. The lowest BCUT2D eigenvalue weighted by molar-refractivity contribution is -0.147. The molecule has 12 heteroatoms. The van der Waals surface area contributed by atoms with Gasteiger partial charge in [0.05, 0.1) is 13.2 Å². The number of carbonyl (C=O) groups is 3. The highest BCUT2D eigenvalue weighted by atomic mass is 31.2. The summed E-state index contributed by atoms with van der Waals surface area (Å²) in [5, 5.41) is 22.0. The van der Waals surface area contributed by atoms with E-state index in [1.807, 2.05) is 0 Å². The molecule has 0 aliphatic heterocycles. The number of hydrogen-bond donors (Lipinski definition) is 4. The Kier molecular flexibility index (Phi) is 48.8. The molecule has 0 radical (unpaired) electrons. The molecule has 0 heterocycles. The number of hydrogen-bond acceptors (Lipinski definition) is 8. The molecule has 0 aliphatic rings. The molecule has 0 aromatic rings. The van der Waals surface area contributed by atoms with Crippen LogP contribution in [0.25, 0.3) is 0 Å². The molecule has 0 aliphatic carbocycles. The number of esters is 1. The van der Waals surface area contributed by atoms with E-state index in [4.69, 9.17) is 13.8 Å². The molecule has 0 spiro atoms. The lowest BCUT2D eigenvalue weighted by atomic mass is 10.0. The average Bonchev–Trinajstić information content (AvgIpc) is 3.31. The Labute approximate surface area is 410 Å². The van der Waals surface area contributed by atoms with E-state index in [9.17, 15) is 34.1 Å². The smallest absolute Gasteiger partial charge is 0.472 e. The first-order chi connectivity index (χ1) is 32.6. The Morgan fingerprint density at radius 1 is 0.478 bits per heavy atom. The fourth-order valence-corrected chi connectivity index (χ4v) is 8.95. The van der Waals surface area contributed by atoms with Gasteiger partial charge in [-0.1, -0.05) is 244 Å². The van der Waals surface area contributed by atoms with Crippen LogP contribution >= 0.6 is 7.82 Å². The minimum atomic E-state index is -4.76. The number of unbranched alkanes of at least 4 members (excludes halogenated alkanes) is 35. The number of amides is 1. The van der Waals surface area contributed by atoms with Gasteiger partial charge >= 0.3 is 19.8 Å². The predicted molar refractivity (Wildman–Crippen MR) is 277 cm³/mol. The molecular weight excluding hydrogens is 866 g/mol. The van der Waals surface area contributed by atoms with Crippen molar-refractivity contribution in [2.75, 3.05) is 19.8 Å². The Balaban J connectivity index is 3.76. The number of ether oxygens (including phenoxy) is 1. The molecule has 3 atom stereocenters.